The van der Waals surface area contributed by atoms with Gasteiger partial charge in [0.15, 0.2) is 0 Å². The predicted octanol–water partition coefficient (Wildman–Crippen LogP) is 2.30. The van der Waals surface area contributed by atoms with Crippen LogP contribution in [0.4, 0.5) is 0 Å². The molecule has 0 amide bonds. The van der Waals surface area contributed by atoms with Gasteiger partial charge in [-0.3, -0.25) is 0 Å². The zero-order valence-corrected chi connectivity index (χ0v) is 9.51. The molecule has 80 valence electrons. The molecule has 0 fully saturated rings. The van der Waals surface area contributed by atoms with Crippen molar-refractivity contribution in [1.29, 1.82) is 0 Å². The molecule has 2 atom stereocenters. The van der Waals surface area contributed by atoms with Crippen molar-refractivity contribution in [2.75, 3.05) is 0 Å². The monoisotopic (exact) mass is 187 g/mol. The highest BCUT2D eigenvalue weighted by Gasteiger charge is 2.23. The molecule has 0 heterocycles. The molecule has 0 aliphatic carbocycles. The predicted molar refractivity (Wildman–Crippen MR) is 57.6 cm³/mol. The summed E-state index contributed by atoms with van der Waals surface area (Å²) in [6.45, 7) is 8.64. The lowest BCUT2D eigenvalue weighted by Gasteiger charge is -2.29. The van der Waals surface area contributed by atoms with Crippen LogP contribution in [0.25, 0.3) is 0 Å². The fourth-order valence-electron chi connectivity index (χ4n) is 1.43. The minimum Gasteiger partial charge on any atom is -0.392 e. The van der Waals surface area contributed by atoms with Crippen LogP contribution >= 0.6 is 0 Å². The van der Waals surface area contributed by atoms with Gasteiger partial charge >= 0.3 is 0 Å². The van der Waals surface area contributed by atoms with E-state index < -0.39 is 0 Å². The third-order valence-electron chi connectivity index (χ3n) is 2.82. The second-order valence-electron chi connectivity index (χ2n) is 4.74. The normalized spacial score (nSPS) is 17.1. The number of aliphatic hydroxyl groups is 1. The lowest BCUT2D eigenvalue weighted by molar-refractivity contribution is 0.109. The van der Waals surface area contributed by atoms with E-state index >= 15 is 0 Å². The first kappa shape index (κ1) is 12.9. The molecule has 0 aliphatic heterocycles. The van der Waals surface area contributed by atoms with Crippen molar-refractivity contribution in [3.63, 3.8) is 0 Å². The van der Waals surface area contributed by atoms with Gasteiger partial charge in [-0.15, -0.1) is 0 Å². The Morgan fingerprint density at radius 1 is 1.31 bits per heavy atom. The third kappa shape index (κ3) is 5.27. The summed E-state index contributed by atoms with van der Waals surface area (Å²) in [5, 5.41) is 9.65. The average molecular weight is 187 g/mol. The van der Waals surface area contributed by atoms with Crippen molar-refractivity contribution < 1.29 is 5.11 Å². The molecule has 0 rings (SSSR count). The number of rotatable bonds is 6. The molecule has 2 unspecified atom stereocenters. The minimum absolute atomic E-state index is 0.0603. The van der Waals surface area contributed by atoms with Gasteiger partial charge in [-0.05, 0) is 18.3 Å². The highest BCUT2D eigenvalue weighted by Crippen LogP contribution is 2.26. The Bertz CT molecular complexity index is 134. The van der Waals surface area contributed by atoms with Gasteiger partial charge < -0.3 is 10.8 Å². The SMILES string of the molecule is CCCC(O)C(N)CC(C)(C)CC. The summed E-state index contributed by atoms with van der Waals surface area (Å²) in [6, 6.07) is -0.0603. The second kappa shape index (κ2) is 5.61. The Morgan fingerprint density at radius 3 is 2.23 bits per heavy atom. The summed E-state index contributed by atoms with van der Waals surface area (Å²) in [7, 11) is 0. The molecule has 0 aromatic rings. The van der Waals surface area contributed by atoms with Gasteiger partial charge in [-0.25, -0.2) is 0 Å². The van der Waals surface area contributed by atoms with E-state index in [1.54, 1.807) is 0 Å². The molecule has 13 heavy (non-hydrogen) atoms. The van der Waals surface area contributed by atoms with Gasteiger partial charge in [0, 0.05) is 6.04 Å². The van der Waals surface area contributed by atoms with Gasteiger partial charge in [0.25, 0.3) is 0 Å². The van der Waals surface area contributed by atoms with Gasteiger partial charge in [-0.1, -0.05) is 40.5 Å². The molecule has 3 N–H and O–H groups in total. The van der Waals surface area contributed by atoms with Crippen LogP contribution < -0.4 is 5.73 Å². The molecule has 0 aromatic heterocycles. The molecule has 0 aliphatic rings. The first-order chi connectivity index (χ1) is 5.93. The Kier molecular flexibility index (Phi) is 5.57. The Morgan fingerprint density at radius 2 is 1.85 bits per heavy atom. The largest absolute Gasteiger partial charge is 0.392 e. The fourth-order valence-corrected chi connectivity index (χ4v) is 1.43. The molecule has 0 spiro atoms. The van der Waals surface area contributed by atoms with Crippen LogP contribution in [0, 0.1) is 5.41 Å². The zero-order valence-electron chi connectivity index (χ0n) is 9.51. The van der Waals surface area contributed by atoms with E-state index in [0.717, 1.165) is 25.7 Å². The van der Waals surface area contributed by atoms with Gasteiger partial charge in [0.05, 0.1) is 6.10 Å². The summed E-state index contributed by atoms with van der Waals surface area (Å²) in [5.74, 6) is 0. The van der Waals surface area contributed by atoms with E-state index in [-0.39, 0.29) is 17.6 Å². The van der Waals surface area contributed by atoms with Crippen molar-refractivity contribution in [1.82, 2.24) is 0 Å². The molecule has 0 bridgehead atoms. The van der Waals surface area contributed by atoms with Crippen molar-refractivity contribution >= 4 is 0 Å². The van der Waals surface area contributed by atoms with Crippen LogP contribution in [0.3, 0.4) is 0 Å². The van der Waals surface area contributed by atoms with E-state index in [9.17, 15) is 5.11 Å². The first-order valence-corrected chi connectivity index (χ1v) is 5.36. The summed E-state index contributed by atoms with van der Waals surface area (Å²) < 4.78 is 0. The first-order valence-electron chi connectivity index (χ1n) is 5.36. The lowest BCUT2D eigenvalue weighted by Crippen LogP contribution is -2.38. The van der Waals surface area contributed by atoms with Crippen molar-refractivity contribution in [2.45, 2.75) is 65.5 Å². The van der Waals surface area contributed by atoms with Crippen molar-refractivity contribution in [3.8, 4) is 0 Å². The summed E-state index contributed by atoms with van der Waals surface area (Å²) in [6.07, 6.45) is 3.52. The van der Waals surface area contributed by atoms with E-state index in [1.165, 1.54) is 0 Å². The van der Waals surface area contributed by atoms with E-state index in [1.807, 2.05) is 0 Å². The van der Waals surface area contributed by atoms with Gasteiger partial charge in [0.1, 0.15) is 0 Å². The van der Waals surface area contributed by atoms with Gasteiger partial charge in [-0.2, -0.15) is 0 Å². The van der Waals surface area contributed by atoms with Crippen LogP contribution in [0.1, 0.15) is 53.4 Å². The Labute approximate surface area is 82.5 Å². The highest BCUT2D eigenvalue weighted by molar-refractivity contribution is 4.79. The maximum Gasteiger partial charge on any atom is 0.0691 e. The smallest absolute Gasteiger partial charge is 0.0691 e. The zero-order chi connectivity index (χ0) is 10.5. The fraction of sp³-hybridized carbons (Fsp3) is 1.00. The van der Waals surface area contributed by atoms with Crippen LogP contribution in [0.5, 0.6) is 0 Å². The van der Waals surface area contributed by atoms with Crippen LogP contribution in [0.2, 0.25) is 0 Å². The van der Waals surface area contributed by atoms with Crippen molar-refractivity contribution in [3.05, 3.63) is 0 Å². The minimum atomic E-state index is -0.323. The van der Waals surface area contributed by atoms with Gasteiger partial charge in [0.2, 0.25) is 0 Å². The molecule has 0 saturated heterocycles. The second-order valence-corrected chi connectivity index (χ2v) is 4.74. The number of aliphatic hydroxyl groups excluding tert-OH is 1. The molecule has 0 aromatic carbocycles. The maximum atomic E-state index is 9.65. The van der Waals surface area contributed by atoms with E-state index in [0.29, 0.717) is 0 Å². The summed E-state index contributed by atoms with van der Waals surface area (Å²) >= 11 is 0. The topological polar surface area (TPSA) is 46.2 Å². The molecular weight excluding hydrogens is 162 g/mol. The molecule has 0 saturated carbocycles. The van der Waals surface area contributed by atoms with Crippen LogP contribution in [0.15, 0.2) is 0 Å². The molecule has 2 nitrogen and oxygen atoms in total. The van der Waals surface area contributed by atoms with Crippen LogP contribution in [-0.2, 0) is 0 Å². The summed E-state index contributed by atoms with van der Waals surface area (Å²) in [5.41, 5.74) is 6.17. The molecular formula is C11H25NO. The molecule has 0 radical (unpaired) electrons. The summed E-state index contributed by atoms with van der Waals surface area (Å²) in [4.78, 5) is 0. The Hall–Kier alpha value is -0.0800. The van der Waals surface area contributed by atoms with E-state index in [2.05, 4.69) is 27.7 Å². The number of hydrogen-bond acceptors (Lipinski definition) is 2. The highest BCUT2D eigenvalue weighted by atomic mass is 16.3. The quantitative estimate of drug-likeness (QED) is 0.670. The lowest BCUT2D eigenvalue weighted by atomic mass is 9.81. The molecule has 2 heteroatoms. The third-order valence-corrected chi connectivity index (χ3v) is 2.82. The number of hydrogen-bond donors (Lipinski definition) is 2. The maximum absolute atomic E-state index is 9.65. The average Bonchev–Trinajstić information content (AvgIpc) is 2.04. The van der Waals surface area contributed by atoms with E-state index in [4.69, 9.17) is 5.73 Å². The standard InChI is InChI=1S/C11H25NO/c1-5-7-10(13)9(12)8-11(3,4)6-2/h9-10,13H,5-8,12H2,1-4H3. The van der Waals surface area contributed by atoms with Crippen molar-refractivity contribution in [2.24, 2.45) is 11.1 Å². The Balaban J connectivity index is 3.91. The number of nitrogens with two attached hydrogens (primary N) is 1. The van der Waals surface area contributed by atoms with Crippen LogP contribution in [-0.4, -0.2) is 17.3 Å².